The standard InChI is InChI=1S/C24H18F3N5O/c1-24(33)10-13(11-24)32-23(28)22(29-2)21(31-32)15-8-7-12-9-17(26)20(30-19(12)18(15)27)14-5-3-4-6-16(14)25/h3-9,13,33H,10-11,28H2,1H3. The molecule has 0 spiro atoms. The quantitative estimate of drug-likeness (QED) is 0.410. The van der Waals surface area contributed by atoms with Crippen molar-refractivity contribution in [3.05, 3.63) is 71.3 Å². The number of rotatable bonds is 3. The summed E-state index contributed by atoms with van der Waals surface area (Å²) in [6.07, 6.45) is 0.811. The first-order valence-electron chi connectivity index (χ1n) is 10.2. The topological polar surface area (TPSA) is 81.3 Å². The predicted molar refractivity (Wildman–Crippen MR) is 118 cm³/mol. The van der Waals surface area contributed by atoms with E-state index in [4.69, 9.17) is 12.3 Å². The van der Waals surface area contributed by atoms with Crippen LogP contribution in [-0.4, -0.2) is 25.5 Å². The molecular formula is C24H18F3N5O. The maximum absolute atomic E-state index is 15.6. The highest BCUT2D eigenvalue weighted by molar-refractivity contribution is 5.91. The van der Waals surface area contributed by atoms with E-state index in [0.717, 1.165) is 6.07 Å². The number of nitrogens with zero attached hydrogens (tertiary/aromatic N) is 4. The Labute approximate surface area is 186 Å². The summed E-state index contributed by atoms with van der Waals surface area (Å²) in [6.45, 7) is 9.22. The Bertz CT molecular complexity index is 1460. The van der Waals surface area contributed by atoms with Gasteiger partial charge in [0, 0.05) is 16.5 Å². The molecule has 3 N–H and O–H groups in total. The number of halogens is 3. The zero-order valence-electron chi connectivity index (χ0n) is 17.5. The molecule has 2 heterocycles. The molecule has 0 aliphatic heterocycles. The number of nitrogens with two attached hydrogens (primary N) is 1. The molecule has 0 atom stereocenters. The molecule has 166 valence electrons. The van der Waals surface area contributed by atoms with Crippen LogP contribution in [0.2, 0.25) is 0 Å². The number of hydrogen-bond donors (Lipinski definition) is 2. The van der Waals surface area contributed by atoms with E-state index in [-0.39, 0.29) is 51.0 Å². The predicted octanol–water partition coefficient (Wildman–Crippen LogP) is 5.40. The van der Waals surface area contributed by atoms with Gasteiger partial charge in [-0.25, -0.2) is 23.0 Å². The van der Waals surface area contributed by atoms with Gasteiger partial charge in [-0.3, -0.25) is 4.68 Å². The highest BCUT2D eigenvalue weighted by Gasteiger charge is 2.41. The average Bonchev–Trinajstić information content (AvgIpc) is 3.08. The molecule has 0 saturated heterocycles. The maximum atomic E-state index is 15.6. The molecule has 2 aromatic heterocycles. The van der Waals surface area contributed by atoms with Crippen molar-refractivity contribution >= 4 is 22.4 Å². The smallest absolute Gasteiger partial charge is 0.254 e. The SMILES string of the molecule is [C-]#[N+]c1c(-c2ccc3cc(F)c(-c4ccccc4F)nc3c2F)nn(C2CC(C)(O)C2)c1N. The summed E-state index contributed by atoms with van der Waals surface area (Å²) in [4.78, 5) is 7.53. The first-order valence-corrected chi connectivity index (χ1v) is 10.2. The molecule has 6 nitrogen and oxygen atoms in total. The fraction of sp³-hybridized carbons (Fsp3) is 0.208. The fourth-order valence-corrected chi connectivity index (χ4v) is 4.34. The summed E-state index contributed by atoms with van der Waals surface area (Å²) in [5.41, 5.74) is 4.70. The van der Waals surface area contributed by atoms with Crippen LogP contribution in [0.4, 0.5) is 24.7 Å². The van der Waals surface area contributed by atoms with E-state index < -0.39 is 23.1 Å². The molecule has 0 radical (unpaired) electrons. The summed E-state index contributed by atoms with van der Waals surface area (Å²) in [6, 6.07) is 9.26. The molecule has 9 heteroatoms. The van der Waals surface area contributed by atoms with Gasteiger partial charge in [0.2, 0.25) is 0 Å². The second kappa shape index (κ2) is 7.32. The highest BCUT2D eigenvalue weighted by atomic mass is 19.1. The summed E-state index contributed by atoms with van der Waals surface area (Å²) in [5.74, 6) is -2.20. The minimum Gasteiger partial charge on any atom is -0.393 e. The van der Waals surface area contributed by atoms with Gasteiger partial charge < -0.3 is 10.8 Å². The van der Waals surface area contributed by atoms with Crippen molar-refractivity contribution < 1.29 is 18.3 Å². The van der Waals surface area contributed by atoms with E-state index in [1.807, 2.05) is 0 Å². The van der Waals surface area contributed by atoms with Crippen molar-refractivity contribution in [1.82, 2.24) is 14.8 Å². The Morgan fingerprint density at radius 1 is 1.09 bits per heavy atom. The van der Waals surface area contributed by atoms with Gasteiger partial charge in [-0.05, 0) is 38.0 Å². The van der Waals surface area contributed by atoms with E-state index in [9.17, 15) is 13.9 Å². The van der Waals surface area contributed by atoms with Gasteiger partial charge in [0.1, 0.15) is 34.4 Å². The van der Waals surface area contributed by atoms with Crippen molar-refractivity contribution in [2.75, 3.05) is 5.73 Å². The largest absolute Gasteiger partial charge is 0.393 e. The van der Waals surface area contributed by atoms with Gasteiger partial charge in [0.15, 0.2) is 5.82 Å². The first kappa shape index (κ1) is 21.0. The highest BCUT2D eigenvalue weighted by Crippen LogP contribution is 2.46. The summed E-state index contributed by atoms with van der Waals surface area (Å²) in [7, 11) is 0. The maximum Gasteiger partial charge on any atom is 0.254 e. The van der Waals surface area contributed by atoms with E-state index in [2.05, 4.69) is 14.9 Å². The van der Waals surface area contributed by atoms with Gasteiger partial charge in [-0.2, -0.15) is 5.10 Å². The zero-order valence-corrected chi connectivity index (χ0v) is 17.5. The minimum absolute atomic E-state index is 0.0174. The molecule has 33 heavy (non-hydrogen) atoms. The number of hydrogen-bond acceptors (Lipinski definition) is 4. The normalized spacial score (nSPS) is 19.9. The number of anilines is 1. The Kier molecular flexibility index (Phi) is 4.65. The fourth-order valence-electron chi connectivity index (χ4n) is 4.34. The van der Waals surface area contributed by atoms with Crippen LogP contribution in [0.25, 0.3) is 38.3 Å². The lowest BCUT2D eigenvalue weighted by molar-refractivity contribution is -0.0535. The molecule has 1 saturated carbocycles. The third kappa shape index (κ3) is 3.31. The number of aliphatic hydroxyl groups is 1. The summed E-state index contributed by atoms with van der Waals surface area (Å²) >= 11 is 0. The average molecular weight is 449 g/mol. The Morgan fingerprint density at radius 3 is 2.48 bits per heavy atom. The lowest BCUT2D eigenvalue weighted by Gasteiger charge is -2.41. The monoisotopic (exact) mass is 449 g/mol. The van der Waals surface area contributed by atoms with Crippen LogP contribution in [0.1, 0.15) is 25.8 Å². The summed E-state index contributed by atoms with van der Waals surface area (Å²) in [5, 5.41) is 14.6. The van der Waals surface area contributed by atoms with Crippen molar-refractivity contribution in [3.8, 4) is 22.5 Å². The van der Waals surface area contributed by atoms with Crippen LogP contribution in [0.3, 0.4) is 0 Å². The Hall–Kier alpha value is -3.90. The van der Waals surface area contributed by atoms with Gasteiger partial charge in [-0.15, -0.1) is 0 Å². The van der Waals surface area contributed by atoms with E-state index in [0.29, 0.717) is 12.8 Å². The van der Waals surface area contributed by atoms with Crippen molar-refractivity contribution in [1.29, 1.82) is 0 Å². The lowest BCUT2D eigenvalue weighted by atomic mass is 9.77. The Morgan fingerprint density at radius 2 is 1.82 bits per heavy atom. The molecule has 4 aromatic rings. The first-order chi connectivity index (χ1) is 15.7. The number of aromatic nitrogens is 3. The second-order valence-corrected chi connectivity index (χ2v) is 8.50. The number of benzene rings is 2. The van der Waals surface area contributed by atoms with Crippen LogP contribution in [-0.2, 0) is 0 Å². The van der Waals surface area contributed by atoms with Crippen molar-refractivity contribution in [3.63, 3.8) is 0 Å². The molecule has 5 rings (SSSR count). The Balaban J connectivity index is 1.67. The van der Waals surface area contributed by atoms with Gasteiger partial charge in [-0.1, -0.05) is 24.3 Å². The number of fused-ring (bicyclic) bond motifs is 1. The zero-order chi connectivity index (χ0) is 23.5. The van der Waals surface area contributed by atoms with Crippen LogP contribution in [0.15, 0.2) is 42.5 Å². The minimum atomic E-state index is -0.840. The molecule has 2 aromatic carbocycles. The van der Waals surface area contributed by atoms with E-state index in [1.165, 1.54) is 41.1 Å². The molecule has 1 aliphatic carbocycles. The summed E-state index contributed by atoms with van der Waals surface area (Å²) < 4.78 is 46.0. The molecule has 0 unspecified atom stereocenters. The number of nitrogen functional groups attached to an aromatic ring is 1. The van der Waals surface area contributed by atoms with E-state index >= 15 is 4.39 Å². The molecule has 0 amide bonds. The van der Waals surface area contributed by atoms with Crippen molar-refractivity contribution in [2.24, 2.45) is 0 Å². The van der Waals surface area contributed by atoms with Crippen LogP contribution in [0.5, 0.6) is 0 Å². The van der Waals surface area contributed by atoms with E-state index in [1.54, 1.807) is 6.92 Å². The molecular weight excluding hydrogens is 431 g/mol. The molecule has 1 fully saturated rings. The van der Waals surface area contributed by atoms with Crippen LogP contribution >= 0.6 is 0 Å². The number of pyridine rings is 1. The van der Waals surface area contributed by atoms with Gasteiger partial charge >= 0.3 is 0 Å². The lowest BCUT2D eigenvalue weighted by Crippen LogP contribution is -2.42. The van der Waals surface area contributed by atoms with Gasteiger partial charge in [0.25, 0.3) is 5.69 Å². The van der Waals surface area contributed by atoms with Gasteiger partial charge in [0.05, 0.1) is 18.2 Å². The van der Waals surface area contributed by atoms with Crippen molar-refractivity contribution in [2.45, 2.75) is 31.4 Å². The molecule has 1 aliphatic rings. The van der Waals surface area contributed by atoms with Crippen LogP contribution in [0, 0.1) is 24.0 Å². The molecule has 0 bridgehead atoms. The van der Waals surface area contributed by atoms with Crippen LogP contribution < -0.4 is 5.73 Å². The third-order valence-corrected chi connectivity index (χ3v) is 5.99. The third-order valence-electron chi connectivity index (χ3n) is 5.99. The second-order valence-electron chi connectivity index (χ2n) is 8.50.